The average molecular weight is 461 g/mol. The minimum absolute atomic E-state index is 0.117. The van der Waals surface area contributed by atoms with E-state index in [4.69, 9.17) is 0 Å². The fraction of sp³-hybridized carbons (Fsp3) is 0.261. The Morgan fingerprint density at radius 3 is 2.29 bits per heavy atom. The van der Waals surface area contributed by atoms with Gasteiger partial charge in [-0.1, -0.05) is 50.2 Å². The maximum atomic E-state index is 13.4. The topological polar surface area (TPSA) is 66.5 Å². The van der Waals surface area contributed by atoms with Crippen LogP contribution in [0.2, 0.25) is 0 Å². The molecule has 164 valence electrons. The van der Waals surface area contributed by atoms with Crippen LogP contribution >= 0.6 is 11.3 Å². The van der Waals surface area contributed by atoms with Crippen molar-refractivity contribution in [3.05, 3.63) is 83.5 Å². The predicted molar refractivity (Wildman–Crippen MR) is 122 cm³/mol. The molecule has 0 spiro atoms. The first-order chi connectivity index (χ1) is 14.8. The fourth-order valence-corrected chi connectivity index (χ4v) is 5.77. The second-order valence-electron chi connectivity index (χ2n) is 7.58. The molecule has 1 N–H and O–H groups in total. The number of nitrogens with zero attached hydrogens (tertiary/aromatic N) is 1. The van der Waals surface area contributed by atoms with Gasteiger partial charge in [0.15, 0.2) is 0 Å². The number of amides is 1. The minimum Gasteiger partial charge on any atom is -0.348 e. The van der Waals surface area contributed by atoms with Crippen LogP contribution in [0, 0.1) is 11.7 Å². The van der Waals surface area contributed by atoms with E-state index in [1.807, 2.05) is 30.3 Å². The third-order valence-corrected chi connectivity index (χ3v) is 7.83. The Balaban J connectivity index is 1.88. The molecule has 2 aromatic carbocycles. The molecule has 1 amide bonds. The van der Waals surface area contributed by atoms with Gasteiger partial charge in [0.25, 0.3) is 10.0 Å². The van der Waals surface area contributed by atoms with Crippen molar-refractivity contribution in [2.24, 2.45) is 5.92 Å². The summed E-state index contributed by atoms with van der Waals surface area (Å²) in [6, 6.07) is 17.5. The monoisotopic (exact) mass is 460 g/mol. The van der Waals surface area contributed by atoms with Crippen LogP contribution < -0.4 is 9.62 Å². The van der Waals surface area contributed by atoms with E-state index in [2.05, 4.69) is 19.2 Å². The van der Waals surface area contributed by atoms with Crippen molar-refractivity contribution in [3.8, 4) is 0 Å². The third-order valence-electron chi connectivity index (χ3n) is 4.69. The van der Waals surface area contributed by atoms with E-state index < -0.39 is 28.3 Å². The zero-order valence-corrected chi connectivity index (χ0v) is 19.0. The van der Waals surface area contributed by atoms with Crippen molar-refractivity contribution in [1.29, 1.82) is 0 Å². The number of nitrogens with one attached hydrogen (secondary N) is 1. The molecule has 1 aromatic heterocycles. The second kappa shape index (κ2) is 10.1. The molecule has 1 unspecified atom stereocenters. The summed E-state index contributed by atoms with van der Waals surface area (Å²) in [6.07, 6.45) is 0.712. The fourth-order valence-electron chi connectivity index (χ4n) is 3.25. The van der Waals surface area contributed by atoms with Gasteiger partial charge in [-0.15, -0.1) is 11.3 Å². The molecule has 1 atom stereocenters. The molecule has 5 nitrogen and oxygen atoms in total. The predicted octanol–water partition coefficient (Wildman–Crippen LogP) is 4.99. The molecule has 0 bridgehead atoms. The highest BCUT2D eigenvalue weighted by Gasteiger charge is 2.29. The molecule has 3 rings (SSSR count). The average Bonchev–Trinajstić information content (AvgIpc) is 3.28. The summed E-state index contributed by atoms with van der Waals surface area (Å²) in [4.78, 5) is 13.0. The molecular formula is C23H25FN2O3S2. The zero-order valence-electron chi connectivity index (χ0n) is 17.4. The summed E-state index contributed by atoms with van der Waals surface area (Å²) in [7, 11) is -3.97. The van der Waals surface area contributed by atoms with E-state index in [9.17, 15) is 17.6 Å². The Morgan fingerprint density at radius 2 is 1.71 bits per heavy atom. The third kappa shape index (κ3) is 5.92. The molecule has 0 aliphatic heterocycles. The largest absolute Gasteiger partial charge is 0.348 e. The summed E-state index contributed by atoms with van der Waals surface area (Å²) in [5.74, 6) is -0.588. The number of halogens is 1. The SMILES string of the molecule is CC(C)CC(NC(=O)CN(c1ccc(F)cc1)S(=O)(=O)c1cccs1)c1ccccc1. The molecule has 0 fully saturated rings. The molecule has 0 saturated heterocycles. The summed E-state index contributed by atoms with van der Waals surface area (Å²) in [6.45, 7) is 3.72. The minimum atomic E-state index is -3.97. The Hall–Kier alpha value is -2.71. The summed E-state index contributed by atoms with van der Waals surface area (Å²) < 4.78 is 41.0. The van der Waals surface area contributed by atoms with Gasteiger partial charge in [0.2, 0.25) is 5.91 Å². The second-order valence-corrected chi connectivity index (χ2v) is 10.6. The Kier molecular flexibility index (Phi) is 7.46. The molecule has 0 saturated carbocycles. The number of benzene rings is 2. The van der Waals surface area contributed by atoms with E-state index >= 15 is 0 Å². The maximum absolute atomic E-state index is 13.4. The van der Waals surface area contributed by atoms with E-state index in [0.717, 1.165) is 21.2 Å². The molecule has 1 heterocycles. The smallest absolute Gasteiger partial charge is 0.274 e. The van der Waals surface area contributed by atoms with Gasteiger partial charge in [0, 0.05) is 0 Å². The van der Waals surface area contributed by atoms with E-state index in [0.29, 0.717) is 12.3 Å². The van der Waals surface area contributed by atoms with Crippen molar-refractivity contribution in [1.82, 2.24) is 5.32 Å². The Bertz CT molecular complexity index is 1080. The van der Waals surface area contributed by atoms with Crippen LogP contribution in [0.3, 0.4) is 0 Å². The number of anilines is 1. The Morgan fingerprint density at radius 1 is 1.03 bits per heavy atom. The number of hydrogen-bond acceptors (Lipinski definition) is 4. The number of carbonyl (C=O) groups is 1. The van der Waals surface area contributed by atoms with E-state index in [-0.39, 0.29) is 15.9 Å². The lowest BCUT2D eigenvalue weighted by Crippen LogP contribution is -2.42. The van der Waals surface area contributed by atoms with Gasteiger partial charge < -0.3 is 5.32 Å². The lowest BCUT2D eigenvalue weighted by molar-refractivity contribution is -0.120. The van der Waals surface area contributed by atoms with Crippen molar-refractivity contribution in [3.63, 3.8) is 0 Å². The highest BCUT2D eigenvalue weighted by atomic mass is 32.2. The van der Waals surface area contributed by atoms with Crippen LogP contribution in [0.4, 0.5) is 10.1 Å². The van der Waals surface area contributed by atoms with Gasteiger partial charge in [-0.3, -0.25) is 9.10 Å². The molecular weight excluding hydrogens is 435 g/mol. The molecule has 3 aromatic rings. The normalized spacial score (nSPS) is 12.5. The van der Waals surface area contributed by atoms with Crippen LogP contribution in [-0.2, 0) is 14.8 Å². The summed E-state index contributed by atoms with van der Waals surface area (Å²) >= 11 is 1.07. The number of rotatable bonds is 9. The standard InChI is InChI=1S/C23H25FN2O3S2/c1-17(2)15-21(18-7-4-3-5-8-18)25-22(27)16-26(20-12-10-19(24)11-13-20)31(28,29)23-9-6-14-30-23/h3-14,17,21H,15-16H2,1-2H3,(H,25,27). The highest BCUT2D eigenvalue weighted by molar-refractivity contribution is 7.94. The Labute approximate surface area is 186 Å². The first-order valence-corrected chi connectivity index (χ1v) is 12.3. The highest BCUT2D eigenvalue weighted by Crippen LogP contribution is 2.27. The number of sulfonamides is 1. The van der Waals surface area contributed by atoms with Gasteiger partial charge in [0.05, 0.1) is 11.7 Å². The van der Waals surface area contributed by atoms with Crippen molar-refractivity contribution < 1.29 is 17.6 Å². The molecule has 0 aliphatic rings. The molecule has 0 aliphatic carbocycles. The van der Waals surface area contributed by atoms with Gasteiger partial charge in [0.1, 0.15) is 16.6 Å². The van der Waals surface area contributed by atoms with E-state index in [1.165, 1.54) is 30.3 Å². The summed E-state index contributed by atoms with van der Waals surface area (Å²) in [5.41, 5.74) is 1.18. The number of hydrogen-bond donors (Lipinski definition) is 1. The van der Waals surface area contributed by atoms with E-state index in [1.54, 1.807) is 11.4 Å². The summed E-state index contributed by atoms with van der Waals surface area (Å²) in [5, 5.41) is 4.63. The van der Waals surface area contributed by atoms with Gasteiger partial charge in [-0.05, 0) is 53.6 Å². The van der Waals surface area contributed by atoms with Crippen molar-refractivity contribution in [2.45, 2.75) is 30.5 Å². The molecule has 0 radical (unpaired) electrons. The quantitative estimate of drug-likeness (QED) is 0.489. The number of carbonyl (C=O) groups excluding carboxylic acids is 1. The molecule has 8 heteroatoms. The number of thiophene rings is 1. The first-order valence-electron chi connectivity index (χ1n) is 9.93. The van der Waals surface area contributed by atoms with Crippen LogP contribution in [0.5, 0.6) is 0 Å². The van der Waals surface area contributed by atoms with Crippen LogP contribution in [0.15, 0.2) is 76.3 Å². The van der Waals surface area contributed by atoms with Crippen LogP contribution in [0.1, 0.15) is 31.9 Å². The van der Waals surface area contributed by atoms with Crippen LogP contribution in [-0.4, -0.2) is 20.9 Å². The lowest BCUT2D eigenvalue weighted by Gasteiger charge is -2.26. The molecule has 31 heavy (non-hydrogen) atoms. The van der Waals surface area contributed by atoms with Gasteiger partial charge in [-0.2, -0.15) is 0 Å². The lowest BCUT2D eigenvalue weighted by atomic mass is 9.97. The van der Waals surface area contributed by atoms with Crippen LogP contribution in [0.25, 0.3) is 0 Å². The maximum Gasteiger partial charge on any atom is 0.274 e. The van der Waals surface area contributed by atoms with Gasteiger partial charge in [-0.25, -0.2) is 12.8 Å². The zero-order chi connectivity index (χ0) is 22.4. The van der Waals surface area contributed by atoms with Crippen molar-refractivity contribution >= 4 is 33.0 Å². The first kappa shape index (κ1) is 23.0. The van der Waals surface area contributed by atoms with Crippen molar-refractivity contribution in [2.75, 3.05) is 10.8 Å². The van der Waals surface area contributed by atoms with Gasteiger partial charge >= 0.3 is 0 Å².